The van der Waals surface area contributed by atoms with Crippen molar-refractivity contribution in [2.45, 2.75) is 31.7 Å². The molecule has 0 heterocycles. The summed E-state index contributed by atoms with van der Waals surface area (Å²) in [6.45, 7) is 1.08. The van der Waals surface area contributed by atoms with Crippen LogP contribution in [0.3, 0.4) is 0 Å². The van der Waals surface area contributed by atoms with Crippen molar-refractivity contribution in [1.82, 2.24) is 5.32 Å². The van der Waals surface area contributed by atoms with E-state index < -0.39 is 0 Å². The third kappa shape index (κ3) is 3.39. The Morgan fingerprint density at radius 1 is 1.44 bits per heavy atom. The average molecular weight is 240 g/mol. The van der Waals surface area contributed by atoms with Crippen LogP contribution < -0.4 is 10.1 Å². The van der Waals surface area contributed by atoms with Gasteiger partial charge in [0.05, 0.1) is 7.11 Å². The van der Waals surface area contributed by atoms with Gasteiger partial charge >= 0.3 is 0 Å². The minimum Gasteiger partial charge on any atom is -0.496 e. The molecule has 2 rings (SSSR count). The quantitative estimate of drug-likeness (QED) is 0.771. The molecule has 2 nitrogen and oxygen atoms in total. The lowest BCUT2D eigenvalue weighted by Gasteiger charge is -2.09. The van der Waals surface area contributed by atoms with E-state index in [2.05, 4.69) is 5.32 Å². The van der Waals surface area contributed by atoms with Crippen molar-refractivity contribution < 1.29 is 4.74 Å². The molecule has 88 valence electrons. The standard InChI is InChI=1S/C13H18ClNO/c1-16-13-7-4-11(14)9-10(13)3-2-8-15-12-5-6-12/h4,7,9,12,15H,2-3,5-6,8H2,1H3. The van der Waals surface area contributed by atoms with Crippen LogP contribution in [0.25, 0.3) is 0 Å². The molecule has 1 fully saturated rings. The fraction of sp³-hybridized carbons (Fsp3) is 0.538. The molecule has 1 saturated carbocycles. The van der Waals surface area contributed by atoms with E-state index in [0.717, 1.165) is 36.2 Å². The van der Waals surface area contributed by atoms with E-state index in [1.165, 1.54) is 18.4 Å². The van der Waals surface area contributed by atoms with Crippen molar-refractivity contribution in [2.24, 2.45) is 0 Å². The average Bonchev–Trinajstić information content (AvgIpc) is 3.08. The number of halogens is 1. The zero-order valence-electron chi connectivity index (χ0n) is 9.63. The van der Waals surface area contributed by atoms with Crippen LogP contribution in [0.4, 0.5) is 0 Å². The predicted molar refractivity (Wildman–Crippen MR) is 67.3 cm³/mol. The van der Waals surface area contributed by atoms with Gasteiger partial charge in [-0.3, -0.25) is 0 Å². The summed E-state index contributed by atoms with van der Waals surface area (Å²) in [6, 6.07) is 6.59. The highest BCUT2D eigenvalue weighted by Gasteiger charge is 2.19. The zero-order chi connectivity index (χ0) is 11.4. The number of nitrogens with one attached hydrogen (secondary N) is 1. The van der Waals surface area contributed by atoms with Gasteiger partial charge < -0.3 is 10.1 Å². The van der Waals surface area contributed by atoms with Gasteiger partial charge in [-0.1, -0.05) is 11.6 Å². The van der Waals surface area contributed by atoms with Crippen molar-refractivity contribution in [3.63, 3.8) is 0 Å². The molecule has 1 aromatic rings. The maximum absolute atomic E-state index is 5.98. The van der Waals surface area contributed by atoms with Gasteiger partial charge in [0.2, 0.25) is 0 Å². The Bertz CT molecular complexity index is 350. The normalized spacial score (nSPS) is 15.1. The lowest BCUT2D eigenvalue weighted by molar-refractivity contribution is 0.409. The molecule has 1 aliphatic carbocycles. The van der Waals surface area contributed by atoms with Crippen LogP contribution in [0.15, 0.2) is 18.2 Å². The molecule has 0 atom stereocenters. The van der Waals surface area contributed by atoms with Crippen molar-refractivity contribution in [3.05, 3.63) is 28.8 Å². The number of aryl methyl sites for hydroxylation is 1. The SMILES string of the molecule is COc1ccc(Cl)cc1CCCNC1CC1. The molecule has 0 unspecified atom stereocenters. The molecular formula is C13H18ClNO. The molecule has 0 spiro atoms. The minimum absolute atomic E-state index is 0.783. The highest BCUT2D eigenvalue weighted by molar-refractivity contribution is 6.30. The smallest absolute Gasteiger partial charge is 0.122 e. The molecule has 0 amide bonds. The van der Waals surface area contributed by atoms with Crippen molar-refractivity contribution in [1.29, 1.82) is 0 Å². The summed E-state index contributed by atoms with van der Waals surface area (Å²) in [6.07, 6.45) is 4.84. The number of ether oxygens (including phenoxy) is 1. The Morgan fingerprint density at radius 2 is 2.25 bits per heavy atom. The van der Waals surface area contributed by atoms with E-state index in [-0.39, 0.29) is 0 Å². The third-order valence-corrected chi connectivity index (χ3v) is 3.11. The van der Waals surface area contributed by atoms with E-state index in [9.17, 15) is 0 Å². The topological polar surface area (TPSA) is 21.3 Å². The van der Waals surface area contributed by atoms with Crippen LogP contribution in [0.5, 0.6) is 5.75 Å². The number of methoxy groups -OCH3 is 1. The summed E-state index contributed by atoms with van der Waals surface area (Å²) >= 11 is 5.98. The highest BCUT2D eigenvalue weighted by atomic mass is 35.5. The molecule has 3 heteroatoms. The van der Waals surface area contributed by atoms with Gasteiger partial charge in [0.25, 0.3) is 0 Å². The molecule has 1 N–H and O–H groups in total. The van der Waals surface area contributed by atoms with E-state index >= 15 is 0 Å². The van der Waals surface area contributed by atoms with Crippen molar-refractivity contribution >= 4 is 11.6 Å². The Hall–Kier alpha value is -0.730. The molecule has 0 aliphatic heterocycles. The second kappa shape index (κ2) is 5.55. The molecule has 0 bridgehead atoms. The van der Waals surface area contributed by atoms with E-state index in [1.807, 2.05) is 18.2 Å². The second-order valence-corrected chi connectivity index (χ2v) is 4.72. The Morgan fingerprint density at radius 3 is 2.94 bits per heavy atom. The van der Waals surface area contributed by atoms with E-state index in [1.54, 1.807) is 7.11 Å². The van der Waals surface area contributed by atoms with E-state index in [0.29, 0.717) is 0 Å². The van der Waals surface area contributed by atoms with Crippen LogP contribution >= 0.6 is 11.6 Å². The molecule has 1 aromatic carbocycles. The van der Waals surface area contributed by atoms with Gasteiger partial charge in [-0.25, -0.2) is 0 Å². The number of rotatable bonds is 6. The number of benzene rings is 1. The van der Waals surface area contributed by atoms with Gasteiger partial charge in [0.1, 0.15) is 5.75 Å². The Labute approximate surface area is 102 Å². The summed E-state index contributed by atoms with van der Waals surface area (Å²) in [5.41, 5.74) is 1.20. The first-order chi connectivity index (χ1) is 7.79. The number of hydrogen-bond donors (Lipinski definition) is 1. The predicted octanol–water partition coefficient (Wildman–Crippen LogP) is 3.03. The van der Waals surface area contributed by atoms with Crippen molar-refractivity contribution in [2.75, 3.05) is 13.7 Å². The Kier molecular flexibility index (Phi) is 4.08. The molecule has 1 aliphatic rings. The zero-order valence-corrected chi connectivity index (χ0v) is 10.4. The molecule has 0 saturated heterocycles. The van der Waals surface area contributed by atoms with E-state index in [4.69, 9.17) is 16.3 Å². The first-order valence-electron chi connectivity index (χ1n) is 5.85. The molecular weight excluding hydrogens is 222 g/mol. The summed E-state index contributed by atoms with van der Waals surface area (Å²) < 4.78 is 5.31. The maximum Gasteiger partial charge on any atom is 0.122 e. The summed E-state index contributed by atoms with van der Waals surface area (Å²) in [5, 5.41) is 4.29. The lowest BCUT2D eigenvalue weighted by atomic mass is 10.1. The van der Waals surface area contributed by atoms with Crippen LogP contribution in [0.2, 0.25) is 5.02 Å². The fourth-order valence-corrected chi connectivity index (χ4v) is 2.01. The maximum atomic E-state index is 5.98. The lowest BCUT2D eigenvalue weighted by Crippen LogP contribution is -2.17. The second-order valence-electron chi connectivity index (χ2n) is 4.29. The van der Waals surface area contributed by atoms with Crippen molar-refractivity contribution in [3.8, 4) is 5.75 Å². The third-order valence-electron chi connectivity index (χ3n) is 2.88. The Balaban J connectivity index is 1.83. The first kappa shape index (κ1) is 11.7. The highest BCUT2D eigenvalue weighted by Crippen LogP contribution is 2.24. The summed E-state index contributed by atoms with van der Waals surface area (Å²) in [7, 11) is 1.70. The largest absolute Gasteiger partial charge is 0.496 e. The van der Waals surface area contributed by atoms with Crippen LogP contribution in [0.1, 0.15) is 24.8 Å². The molecule has 0 aromatic heterocycles. The van der Waals surface area contributed by atoms with Gasteiger partial charge in [-0.15, -0.1) is 0 Å². The van der Waals surface area contributed by atoms with Gasteiger partial charge in [0, 0.05) is 11.1 Å². The van der Waals surface area contributed by atoms with Crippen LogP contribution in [0, 0.1) is 0 Å². The monoisotopic (exact) mass is 239 g/mol. The summed E-state index contributed by atoms with van der Waals surface area (Å²) in [5.74, 6) is 0.941. The van der Waals surface area contributed by atoms with Crippen LogP contribution in [-0.2, 0) is 6.42 Å². The van der Waals surface area contributed by atoms with Gasteiger partial charge in [-0.05, 0) is 56.0 Å². The van der Waals surface area contributed by atoms with Crippen LogP contribution in [-0.4, -0.2) is 19.7 Å². The number of hydrogen-bond acceptors (Lipinski definition) is 2. The fourth-order valence-electron chi connectivity index (χ4n) is 1.82. The molecule has 0 radical (unpaired) electrons. The minimum atomic E-state index is 0.783. The van der Waals surface area contributed by atoms with Gasteiger partial charge in [0.15, 0.2) is 0 Å². The summed E-state index contributed by atoms with van der Waals surface area (Å²) in [4.78, 5) is 0. The first-order valence-corrected chi connectivity index (χ1v) is 6.23. The van der Waals surface area contributed by atoms with Gasteiger partial charge in [-0.2, -0.15) is 0 Å². The molecule has 16 heavy (non-hydrogen) atoms.